The van der Waals surface area contributed by atoms with Crippen LogP contribution in [-0.4, -0.2) is 28.9 Å². The minimum absolute atomic E-state index is 0.0485. The van der Waals surface area contributed by atoms with Gasteiger partial charge in [-0.05, 0) is 351 Å². The van der Waals surface area contributed by atoms with E-state index in [1.807, 2.05) is 0 Å². The zero-order valence-electron chi connectivity index (χ0n) is 88.9. The molecule has 718 valence electrons. The predicted octanol–water partition coefficient (Wildman–Crippen LogP) is 34.4. The highest BCUT2D eigenvalue weighted by molar-refractivity contribution is 7.00. The van der Waals surface area contributed by atoms with E-state index in [-0.39, 0.29) is 44.6 Å². The molecule has 19 aromatic rings. The summed E-state index contributed by atoms with van der Waals surface area (Å²) in [5.74, 6) is 0. The van der Waals surface area contributed by atoms with Gasteiger partial charge in [0.1, 0.15) is 0 Å². The fourth-order valence-electron chi connectivity index (χ4n) is 26.5. The van der Waals surface area contributed by atoms with E-state index in [0.717, 1.165) is 51.6 Å². The van der Waals surface area contributed by atoms with Crippen molar-refractivity contribution in [3.05, 3.63) is 434 Å². The maximum absolute atomic E-state index is 2.84. The summed E-state index contributed by atoms with van der Waals surface area (Å²) in [6, 6.07) is 136. The molecule has 0 saturated heterocycles. The van der Waals surface area contributed by atoms with Gasteiger partial charge in [0, 0.05) is 68.8 Å². The molecule has 2 spiro atoms. The van der Waals surface area contributed by atoms with Gasteiger partial charge in [-0.3, -0.25) is 0 Å². The van der Waals surface area contributed by atoms with Crippen LogP contribution in [0.15, 0.2) is 340 Å². The van der Waals surface area contributed by atoms with Crippen molar-refractivity contribution in [2.24, 2.45) is 0 Å². The van der Waals surface area contributed by atoms with Crippen molar-refractivity contribution in [1.29, 1.82) is 0 Å². The zero-order valence-corrected chi connectivity index (χ0v) is 88.9. The number of aryl methyl sites for hydroxylation is 2. The molecule has 4 heterocycles. The van der Waals surface area contributed by atoms with Crippen molar-refractivity contribution >= 4 is 89.5 Å². The van der Waals surface area contributed by atoms with Gasteiger partial charge in [0.25, 0.3) is 6.71 Å². The number of hydrogen-bond donors (Lipinski definition) is 0. The average molecular weight is 1880 g/mol. The van der Waals surface area contributed by atoms with E-state index in [1.54, 1.807) is 0 Å². The Morgan fingerprint density at radius 2 is 0.483 bits per heavy atom. The SMILES string of the molecule is CC(C)(C)c1ccc(CCCCN2c3cc(-n4c5ccc(C(C)(C)C)cc5c5cc(C(C)(C)C)ccc54)ccc3B3c4ccc(-n5c6ccc(C(C)(C)C)cc6c6cc(C(C)(C)C)ccc65)cc4N(CCCCc4ccc(C(C)(C)C)cc4-c4ccc5c(c4)C4(c6ccccc6-c6ccccc64)c4ccccc4-5)c4cc(C(C)(C)C)cc2c43)c(-c2ccc3c(c2)C2(c4ccccc4-c4ccccc42)c2ccccc2-3)c1. The quantitative estimate of drug-likeness (QED) is 0.0797. The number of aromatic nitrogens is 2. The Balaban J connectivity index is 0.651. The van der Waals surface area contributed by atoms with Crippen molar-refractivity contribution in [3.63, 3.8) is 0 Å². The summed E-state index contributed by atoms with van der Waals surface area (Å²) < 4.78 is 5.22. The van der Waals surface area contributed by atoms with Crippen LogP contribution in [0.1, 0.15) is 266 Å². The topological polar surface area (TPSA) is 16.3 Å². The molecule has 4 nitrogen and oxygen atoms in total. The summed E-state index contributed by atoms with van der Waals surface area (Å²) >= 11 is 0. The molecular formula is C140H135BN4. The Morgan fingerprint density at radius 1 is 0.214 bits per heavy atom. The molecule has 0 saturated carbocycles. The second-order valence-corrected chi connectivity index (χ2v) is 50.5. The number of nitrogens with zero attached hydrogens (tertiary/aromatic N) is 4. The first-order valence-electron chi connectivity index (χ1n) is 53.7. The normalized spacial score (nSPS) is 14.5. The van der Waals surface area contributed by atoms with Gasteiger partial charge in [-0.2, -0.15) is 0 Å². The van der Waals surface area contributed by atoms with Gasteiger partial charge in [-0.25, -0.2) is 0 Å². The fourth-order valence-corrected chi connectivity index (χ4v) is 26.5. The maximum Gasteiger partial charge on any atom is 0.252 e. The van der Waals surface area contributed by atoms with Gasteiger partial charge in [0.15, 0.2) is 0 Å². The van der Waals surface area contributed by atoms with Crippen molar-refractivity contribution in [1.82, 2.24) is 9.13 Å². The molecule has 6 aliphatic rings. The molecule has 0 radical (unpaired) electrons. The molecule has 5 heteroatoms. The van der Waals surface area contributed by atoms with E-state index in [2.05, 4.69) is 504 Å². The number of benzene rings is 17. The van der Waals surface area contributed by atoms with Crippen LogP contribution in [-0.2, 0) is 61.6 Å². The number of hydrogen-bond acceptors (Lipinski definition) is 2. The lowest BCUT2D eigenvalue weighted by Gasteiger charge is -2.45. The largest absolute Gasteiger partial charge is 0.342 e. The second kappa shape index (κ2) is 32.8. The molecule has 0 bridgehead atoms. The Bertz CT molecular complexity index is 7870. The van der Waals surface area contributed by atoms with Crippen molar-refractivity contribution in [2.75, 3.05) is 22.9 Å². The first-order chi connectivity index (χ1) is 69.3. The van der Waals surface area contributed by atoms with E-state index < -0.39 is 10.8 Å². The summed E-state index contributed by atoms with van der Waals surface area (Å²) in [7, 11) is 0. The lowest BCUT2D eigenvalue weighted by Crippen LogP contribution is -2.62. The van der Waals surface area contributed by atoms with Gasteiger partial charge < -0.3 is 18.9 Å². The van der Waals surface area contributed by atoms with Gasteiger partial charge in [0.05, 0.1) is 32.9 Å². The van der Waals surface area contributed by atoms with Crippen LogP contribution in [0.2, 0.25) is 0 Å². The first-order valence-corrected chi connectivity index (χ1v) is 53.7. The molecule has 0 fully saturated rings. The van der Waals surface area contributed by atoms with Crippen LogP contribution >= 0.6 is 0 Å². The van der Waals surface area contributed by atoms with Crippen LogP contribution in [0.3, 0.4) is 0 Å². The summed E-state index contributed by atoms with van der Waals surface area (Å²) in [4.78, 5) is 5.68. The predicted molar refractivity (Wildman–Crippen MR) is 620 cm³/mol. The number of fused-ring (bicyclic) bond motifs is 30. The molecule has 2 aliphatic heterocycles. The molecule has 0 atom stereocenters. The minimum atomic E-state index is -0.451. The number of anilines is 4. The fraction of sp³-hybridized carbons (Fsp3) is 0.271. The molecule has 4 aliphatic carbocycles. The summed E-state index contributed by atoms with van der Waals surface area (Å²) in [5.41, 5.74) is 54.2. The summed E-state index contributed by atoms with van der Waals surface area (Å²) in [6.07, 6.45) is 5.73. The standard InChI is InChI=1S/C140H135BN4/c1-132(2,3)90-56-52-86(107(76-90)88-54-64-105-103-44-26-32-50-117(103)139(119(105)74-88)113-46-28-22-40-99(113)100-41-23-29-47-114(100)139)38-34-36-72-142-127-84-97(144-123-68-58-92(134(7,8)9)78-109(123)110-79-93(135(10,11)12)59-69-124(110)144)62-66-121(127)141-122-67-63-98(145-125-70-60-94(136(13,14)15)80-111(125)112-81-95(137(16,17)18)61-71-126(112)145)85-128(122)143(130-83-96(138(19,20)21)82-129(142)131(130)141)73-37-35-39-87-53-57-91(133(4,5)6)77-108(87)89-55-65-106-104-45-27-33-51-118(104)140(120(106)75-89)115-48-30-24-42-101(115)102-43-25-31-49-116(102)140/h22-33,40-71,74-85H,34-39,72-73H2,1-21H3. The van der Waals surface area contributed by atoms with E-state index >= 15 is 0 Å². The van der Waals surface area contributed by atoms with Crippen molar-refractivity contribution in [3.8, 4) is 78.1 Å². The molecule has 0 N–H and O–H groups in total. The van der Waals surface area contributed by atoms with Crippen LogP contribution in [0.5, 0.6) is 0 Å². The average Bonchev–Trinajstić information content (AvgIpc) is 1.51. The van der Waals surface area contributed by atoms with Crippen LogP contribution in [0, 0.1) is 0 Å². The van der Waals surface area contributed by atoms with E-state index in [4.69, 9.17) is 0 Å². The molecule has 25 rings (SSSR count). The van der Waals surface area contributed by atoms with Gasteiger partial charge in [-0.1, -0.05) is 388 Å². The molecule has 2 aromatic heterocycles. The zero-order chi connectivity index (χ0) is 100. The second-order valence-electron chi connectivity index (χ2n) is 50.5. The van der Waals surface area contributed by atoms with E-state index in [9.17, 15) is 0 Å². The highest BCUT2D eigenvalue weighted by atomic mass is 15.2. The maximum atomic E-state index is 2.84. The number of unbranched alkanes of at least 4 members (excludes halogenated alkanes) is 2. The van der Waals surface area contributed by atoms with E-state index in [1.165, 1.54) is 255 Å². The molecular weight excluding hydrogens is 1750 g/mol. The third-order valence-electron chi connectivity index (χ3n) is 34.3. The Hall–Kier alpha value is -14.0. The smallest absolute Gasteiger partial charge is 0.252 e. The Morgan fingerprint density at radius 3 is 0.772 bits per heavy atom. The van der Waals surface area contributed by atoms with Crippen molar-refractivity contribution < 1.29 is 0 Å². The van der Waals surface area contributed by atoms with E-state index in [0.29, 0.717) is 0 Å². The highest BCUT2D eigenvalue weighted by Crippen LogP contribution is 2.66. The molecule has 145 heavy (non-hydrogen) atoms. The highest BCUT2D eigenvalue weighted by Gasteiger charge is 2.54. The summed E-state index contributed by atoms with van der Waals surface area (Å²) in [6.45, 7) is 51.5. The van der Waals surface area contributed by atoms with Crippen LogP contribution in [0.25, 0.3) is 122 Å². The van der Waals surface area contributed by atoms with Gasteiger partial charge in [-0.15, -0.1) is 0 Å². The van der Waals surface area contributed by atoms with Crippen LogP contribution < -0.4 is 26.2 Å². The van der Waals surface area contributed by atoms with Gasteiger partial charge >= 0.3 is 0 Å². The monoisotopic (exact) mass is 1880 g/mol. The first kappa shape index (κ1) is 92.2. The van der Waals surface area contributed by atoms with Gasteiger partial charge in [0.2, 0.25) is 0 Å². The lowest BCUT2D eigenvalue weighted by molar-refractivity contribution is 0.589. The Labute approximate surface area is 860 Å². The van der Waals surface area contributed by atoms with Crippen molar-refractivity contribution in [2.45, 2.75) is 233 Å². The third-order valence-corrected chi connectivity index (χ3v) is 34.3. The number of rotatable bonds is 14. The molecule has 0 amide bonds. The molecule has 17 aromatic carbocycles. The van der Waals surface area contributed by atoms with Crippen LogP contribution in [0.4, 0.5) is 22.7 Å². The summed E-state index contributed by atoms with van der Waals surface area (Å²) in [5, 5.41) is 5.19. The lowest BCUT2D eigenvalue weighted by atomic mass is 9.33. The third kappa shape index (κ3) is 14.3. The Kier molecular flexibility index (Phi) is 20.8. The molecule has 0 unspecified atom stereocenters. The minimum Gasteiger partial charge on any atom is -0.342 e.